The Morgan fingerprint density at radius 2 is 2.33 bits per heavy atom. The highest BCUT2D eigenvalue weighted by atomic mass is 16.5. The standard InChI is InChI=1S/C9H17NO2/c1-9(2,11-3)8(10)7-5-4-6-12-7/h5,8H,4,6,10H2,1-3H3. The van der Waals surface area contributed by atoms with Crippen molar-refractivity contribution in [2.45, 2.75) is 31.9 Å². The van der Waals surface area contributed by atoms with Crippen molar-refractivity contribution in [1.82, 2.24) is 0 Å². The van der Waals surface area contributed by atoms with E-state index in [9.17, 15) is 0 Å². The number of methoxy groups -OCH3 is 1. The van der Waals surface area contributed by atoms with E-state index in [1.54, 1.807) is 7.11 Å². The fourth-order valence-electron chi connectivity index (χ4n) is 1.12. The summed E-state index contributed by atoms with van der Waals surface area (Å²) in [5.74, 6) is 0.863. The van der Waals surface area contributed by atoms with Crippen molar-refractivity contribution in [3.63, 3.8) is 0 Å². The van der Waals surface area contributed by atoms with Crippen molar-refractivity contribution in [3.05, 3.63) is 11.8 Å². The molecular formula is C9H17NO2. The third-order valence-corrected chi connectivity index (χ3v) is 2.31. The third-order valence-electron chi connectivity index (χ3n) is 2.31. The summed E-state index contributed by atoms with van der Waals surface area (Å²) in [6.45, 7) is 4.67. The van der Waals surface area contributed by atoms with Gasteiger partial charge < -0.3 is 15.2 Å². The normalized spacial score (nSPS) is 20.2. The SMILES string of the molecule is COC(C)(C)C(N)C1=CCCO1. The van der Waals surface area contributed by atoms with Gasteiger partial charge in [-0.15, -0.1) is 0 Å². The summed E-state index contributed by atoms with van der Waals surface area (Å²) in [6, 6.07) is -0.162. The van der Waals surface area contributed by atoms with Gasteiger partial charge in [0.1, 0.15) is 5.76 Å². The fourth-order valence-corrected chi connectivity index (χ4v) is 1.12. The Morgan fingerprint density at radius 3 is 2.75 bits per heavy atom. The topological polar surface area (TPSA) is 44.5 Å². The van der Waals surface area contributed by atoms with Crippen molar-refractivity contribution in [2.24, 2.45) is 5.73 Å². The van der Waals surface area contributed by atoms with E-state index in [-0.39, 0.29) is 11.6 Å². The fraction of sp³-hybridized carbons (Fsp3) is 0.778. The lowest BCUT2D eigenvalue weighted by Gasteiger charge is -2.30. The molecule has 3 nitrogen and oxygen atoms in total. The summed E-state index contributed by atoms with van der Waals surface area (Å²) in [5.41, 5.74) is 5.60. The predicted octanol–water partition coefficient (Wildman–Crippen LogP) is 1.04. The minimum absolute atomic E-state index is 0.162. The highest BCUT2D eigenvalue weighted by Gasteiger charge is 2.31. The first-order chi connectivity index (χ1) is 5.58. The molecule has 1 atom stereocenters. The second-order valence-electron chi connectivity index (χ2n) is 3.53. The van der Waals surface area contributed by atoms with E-state index in [0.717, 1.165) is 18.8 Å². The average Bonchev–Trinajstić information content (AvgIpc) is 2.55. The van der Waals surface area contributed by atoms with E-state index in [2.05, 4.69) is 0 Å². The van der Waals surface area contributed by atoms with Gasteiger partial charge in [-0.25, -0.2) is 0 Å². The van der Waals surface area contributed by atoms with Crippen molar-refractivity contribution in [1.29, 1.82) is 0 Å². The van der Waals surface area contributed by atoms with Crippen LogP contribution in [0.25, 0.3) is 0 Å². The van der Waals surface area contributed by atoms with Crippen LogP contribution in [-0.2, 0) is 9.47 Å². The monoisotopic (exact) mass is 171 g/mol. The smallest absolute Gasteiger partial charge is 0.112 e. The molecule has 3 heteroatoms. The Balaban J connectivity index is 2.62. The summed E-state index contributed by atoms with van der Waals surface area (Å²) in [6.07, 6.45) is 2.99. The molecule has 2 N–H and O–H groups in total. The van der Waals surface area contributed by atoms with E-state index >= 15 is 0 Å². The average molecular weight is 171 g/mol. The molecule has 0 aromatic carbocycles. The maximum atomic E-state index is 5.95. The van der Waals surface area contributed by atoms with Crippen LogP contribution in [0.3, 0.4) is 0 Å². The lowest BCUT2D eigenvalue weighted by Crippen LogP contribution is -2.46. The lowest BCUT2D eigenvalue weighted by molar-refractivity contribution is -0.00321. The second-order valence-corrected chi connectivity index (χ2v) is 3.53. The van der Waals surface area contributed by atoms with Gasteiger partial charge in [0.15, 0.2) is 0 Å². The van der Waals surface area contributed by atoms with Gasteiger partial charge in [0.2, 0.25) is 0 Å². The van der Waals surface area contributed by atoms with Crippen LogP contribution in [0.15, 0.2) is 11.8 Å². The largest absolute Gasteiger partial charge is 0.496 e. The van der Waals surface area contributed by atoms with E-state index < -0.39 is 0 Å². The molecule has 12 heavy (non-hydrogen) atoms. The van der Waals surface area contributed by atoms with E-state index in [1.807, 2.05) is 19.9 Å². The molecule has 0 radical (unpaired) electrons. The Labute approximate surface area is 73.5 Å². The Morgan fingerprint density at radius 1 is 1.67 bits per heavy atom. The summed E-state index contributed by atoms with van der Waals surface area (Å²) in [4.78, 5) is 0. The van der Waals surface area contributed by atoms with Gasteiger partial charge in [-0.1, -0.05) is 0 Å². The van der Waals surface area contributed by atoms with Crippen LogP contribution < -0.4 is 5.73 Å². The molecule has 0 fully saturated rings. The molecule has 0 bridgehead atoms. The predicted molar refractivity (Wildman–Crippen MR) is 47.7 cm³/mol. The zero-order chi connectivity index (χ0) is 9.19. The molecule has 0 aromatic rings. The number of ether oxygens (including phenoxy) is 2. The maximum absolute atomic E-state index is 5.95. The van der Waals surface area contributed by atoms with Crippen LogP contribution >= 0.6 is 0 Å². The van der Waals surface area contributed by atoms with Crippen molar-refractivity contribution in [2.75, 3.05) is 13.7 Å². The summed E-state index contributed by atoms with van der Waals surface area (Å²) >= 11 is 0. The molecule has 0 aromatic heterocycles. The highest BCUT2D eigenvalue weighted by Crippen LogP contribution is 2.22. The number of hydrogen-bond donors (Lipinski definition) is 1. The van der Waals surface area contributed by atoms with Crippen molar-refractivity contribution < 1.29 is 9.47 Å². The van der Waals surface area contributed by atoms with E-state index in [4.69, 9.17) is 15.2 Å². The van der Waals surface area contributed by atoms with Gasteiger partial charge in [-0.3, -0.25) is 0 Å². The van der Waals surface area contributed by atoms with Crippen LogP contribution in [-0.4, -0.2) is 25.4 Å². The Kier molecular flexibility index (Phi) is 2.75. The molecule has 1 unspecified atom stereocenters. The third kappa shape index (κ3) is 1.79. The maximum Gasteiger partial charge on any atom is 0.112 e. The highest BCUT2D eigenvalue weighted by molar-refractivity contribution is 5.11. The van der Waals surface area contributed by atoms with E-state index in [0.29, 0.717) is 0 Å². The lowest BCUT2D eigenvalue weighted by atomic mass is 9.97. The van der Waals surface area contributed by atoms with Gasteiger partial charge in [-0.2, -0.15) is 0 Å². The van der Waals surface area contributed by atoms with Crippen molar-refractivity contribution in [3.8, 4) is 0 Å². The molecular weight excluding hydrogens is 154 g/mol. The quantitative estimate of drug-likeness (QED) is 0.690. The van der Waals surface area contributed by atoms with Crippen LogP contribution in [0.2, 0.25) is 0 Å². The second kappa shape index (κ2) is 3.46. The van der Waals surface area contributed by atoms with Crippen LogP contribution in [0.4, 0.5) is 0 Å². The molecule has 1 aliphatic rings. The summed E-state index contributed by atoms with van der Waals surface area (Å²) in [5, 5.41) is 0. The molecule has 0 spiro atoms. The van der Waals surface area contributed by atoms with Gasteiger partial charge in [-0.05, 0) is 19.9 Å². The summed E-state index contributed by atoms with van der Waals surface area (Å²) in [7, 11) is 1.66. The Bertz CT molecular complexity index is 187. The molecule has 70 valence electrons. The first-order valence-electron chi connectivity index (χ1n) is 4.21. The van der Waals surface area contributed by atoms with Gasteiger partial charge in [0.05, 0.1) is 18.2 Å². The number of hydrogen-bond acceptors (Lipinski definition) is 3. The Hall–Kier alpha value is -0.540. The van der Waals surface area contributed by atoms with Gasteiger partial charge in [0, 0.05) is 13.5 Å². The first-order valence-corrected chi connectivity index (χ1v) is 4.21. The molecule has 1 aliphatic heterocycles. The molecule has 0 amide bonds. The van der Waals surface area contributed by atoms with Crippen LogP contribution in [0, 0.1) is 0 Å². The number of nitrogens with two attached hydrogens (primary N) is 1. The molecule has 1 rings (SSSR count). The minimum Gasteiger partial charge on any atom is -0.496 e. The number of rotatable bonds is 3. The molecule has 0 saturated carbocycles. The zero-order valence-corrected chi connectivity index (χ0v) is 7.96. The molecule has 1 heterocycles. The van der Waals surface area contributed by atoms with Crippen LogP contribution in [0.1, 0.15) is 20.3 Å². The van der Waals surface area contributed by atoms with Crippen molar-refractivity contribution >= 4 is 0 Å². The minimum atomic E-state index is -0.351. The molecule has 0 saturated heterocycles. The van der Waals surface area contributed by atoms with Gasteiger partial charge >= 0.3 is 0 Å². The summed E-state index contributed by atoms with van der Waals surface area (Å²) < 4.78 is 10.6. The molecule has 0 aliphatic carbocycles. The first kappa shape index (κ1) is 9.55. The van der Waals surface area contributed by atoms with Gasteiger partial charge in [0.25, 0.3) is 0 Å². The zero-order valence-electron chi connectivity index (χ0n) is 7.96. The van der Waals surface area contributed by atoms with E-state index in [1.165, 1.54) is 0 Å². The van der Waals surface area contributed by atoms with Crippen LogP contribution in [0.5, 0.6) is 0 Å².